The largest absolute Gasteiger partial charge is 0.436 e. The van der Waals surface area contributed by atoms with Crippen LogP contribution in [0.15, 0.2) is 36.5 Å². The summed E-state index contributed by atoms with van der Waals surface area (Å²) in [7, 11) is 0. The Morgan fingerprint density at radius 1 is 1.29 bits per heavy atom. The summed E-state index contributed by atoms with van der Waals surface area (Å²) in [5.74, 6) is 0.768. The molecule has 0 radical (unpaired) electrons. The Balaban J connectivity index is 2.41. The summed E-state index contributed by atoms with van der Waals surface area (Å²) in [6, 6.07) is 10.9. The normalized spacial score (nSPS) is 9.71. The number of hydrogen-bond donors (Lipinski definition) is 0. The third-order valence-corrected chi connectivity index (χ3v) is 2.59. The molecule has 0 N–H and O–H groups in total. The second-order valence-electron chi connectivity index (χ2n) is 3.45. The van der Waals surface area contributed by atoms with Gasteiger partial charge in [0, 0.05) is 6.20 Å². The molecule has 2 rings (SSSR count). The van der Waals surface area contributed by atoms with Crippen LogP contribution in [0.3, 0.4) is 0 Å². The lowest BCUT2D eigenvalue weighted by molar-refractivity contribution is 0.461. The van der Waals surface area contributed by atoms with Crippen LogP contribution in [0.1, 0.15) is 11.1 Å². The first kappa shape index (κ1) is 11.4. The summed E-state index contributed by atoms with van der Waals surface area (Å²) in [5.41, 5.74) is 1.25. The smallest absolute Gasteiger partial charge is 0.237 e. The molecular formula is C13H9ClN2O. The first-order chi connectivity index (χ1) is 8.22. The summed E-state index contributed by atoms with van der Waals surface area (Å²) < 4.78 is 5.55. The first-order valence-corrected chi connectivity index (χ1v) is 5.38. The highest BCUT2D eigenvalue weighted by atomic mass is 35.5. The van der Waals surface area contributed by atoms with Gasteiger partial charge in [-0.05, 0) is 30.7 Å². The number of rotatable bonds is 2. The van der Waals surface area contributed by atoms with Gasteiger partial charge in [-0.25, -0.2) is 4.98 Å². The second-order valence-corrected chi connectivity index (χ2v) is 3.86. The average molecular weight is 245 g/mol. The Labute approximate surface area is 104 Å². The number of halogens is 1. The van der Waals surface area contributed by atoms with E-state index in [0.29, 0.717) is 16.3 Å². The van der Waals surface area contributed by atoms with Crippen LogP contribution < -0.4 is 4.74 Å². The van der Waals surface area contributed by atoms with Crippen LogP contribution in [-0.2, 0) is 0 Å². The maximum atomic E-state index is 9.04. The van der Waals surface area contributed by atoms with Crippen molar-refractivity contribution in [1.82, 2.24) is 4.98 Å². The number of nitriles is 1. The topological polar surface area (TPSA) is 45.9 Å². The molecule has 0 saturated carbocycles. The molecule has 3 nitrogen and oxygen atoms in total. The minimum atomic E-state index is 0.278. The molecule has 0 aliphatic carbocycles. The van der Waals surface area contributed by atoms with Crippen LogP contribution in [0.2, 0.25) is 5.02 Å². The number of benzene rings is 1. The van der Waals surface area contributed by atoms with E-state index in [-0.39, 0.29) is 5.88 Å². The van der Waals surface area contributed by atoms with Gasteiger partial charge in [0.25, 0.3) is 0 Å². The number of aryl methyl sites for hydroxylation is 1. The van der Waals surface area contributed by atoms with Gasteiger partial charge in [-0.15, -0.1) is 0 Å². The zero-order valence-electron chi connectivity index (χ0n) is 9.14. The van der Waals surface area contributed by atoms with E-state index in [1.54, 1.807) is 24.4 Å². The lowest BCUT2D eigenvalue weighted by atomic mass is 10.2. The van der Waals surface area contributed by atoms with Gasteiger partial charge in [-0.2, -0.15) is 5.26 Å². The zero-order valence-corrected chi connectivity index (χ0v) is 9.90. The van der Waals surface area contributed by atoms with E-state index in [1.807, 2.05) is 19.1 Å². The number of para-hydroxylation sites is 1. The molecule has 0 aliphatic heterocycles. The van der Waals surface area contributed by atoms with E-state index in [1.165, 1.54) is 0 Å². The molecule has 2 aromatic rings. The number of ether oxygens (including phenoxy) is 1. The van der Waals surface area contributed by atoms with Gasteiger partial charge in [0.1, 0.15) is 17.4 Å². The van der Waals surface area contributed by atoms with Crippen molar-refractivity contribution in [3.05, 3.63) is 52.7 Å². The van der Waals surface area contributed by atoms with Crippen molar-refractivity contribution in [3.63, 3.8) is 0 Å². The van der Waals surface area contributed by atoms with Crippen molar-refractivity contribution in [2.45, 2.75) is 6.92 Å². The molecule has 0 bridgehead atoms. The van der Waals surface area contributed by atoms with Gasteiger partial charge in [-0.1, -0.05) is 23.7 Å². The highest BCUT2D eigenvalue weighted by Crippen LogP contribution is 2.30. The van der Waals surface area contributed by atoms with E-state index >= 15 is 0 Å². The van der Waals surface area contributed by atoms with E-state index in [0.717, 1.165) is 5.56 Å². The molecule has 1 aromatic heterocycles. The zero-order chi connectivity index (χ0) is 12.3. The molecule has 0 unspecified atom stereocenters. The SMILES string of the molecule is Cc1ccnc(Oc2ccccc2Cl)c1C#N. The van der Waals surface area contributed by atoms with Gasteiger partial charge in [0.2, 0.25) is 5.88 Å². The van der Waals surface area contributed by atoms with Crippen LogP contribution in [0.5, 0.6) is 11.6 Å². The molecule has 1 aromatic carbocycles. The van der Waals surface area contributed by atoms with Gasteiger partial charge in [-0.3, -0.25) is 0 Å². The molecular weight excluding hydrogens is 236 g/mol. The van der Waals surface area contributed by atoms with Crippen molar-refractivity contribution in [2.75, 3.05) is 0 Å². The van der Waals surface area contributed by atoms with Gasteiger partial charge in [0.05, 0.1) is 5.02 Å². The minimum absolute atomic E-state index is 0.278. The van der Waals surface area contributed by atoms with E-state index < -0.39 is 0 Å². The fourth-order valence-corrected chi connectivity index (χ4v) is 1.55. The highest BCUT2D eigenvalue weighted by Gasteiger charge is 2.10. The van der Waals surface area contributed by atoms with Crippen LogP contribution in [-0.4, -0.2) is 4.98 Å². The fraction of sp³-hybridized carbons (Fsp3) is 0.0769. The molecule has 0 spiro atoms. The molecule has 1 heterocycles. The number of nitrogens with zero attached hydrogens (tertiary/aromatic N) is 2. The van der Waals surface area contributed by atoms with E-state index in [2.05, 4.69) is 11.1 Å². The van der Waals surface area contributed by atoms with E-state index in [9.17, 15) is 0 Å². The molecule has 0 amide bonds. The molecule has 0 fully saturated rings. The van der Waals surface area contributed by atoms with Crippen LogP contribution in [0.25, 0.3) is 0 Å². The summed E-state index contributed by atoms with van der Waals surface area (Å²) in [5, 5.41) is 9.53. The lowest BCUT2D eigenvalue weighted by Crippen LogP contribution is -1.94. The summed E-state index contributed by atoms with van der Waals surface area (Å²) >= 11 is 5.97. The standard InChI is InChI=1S/C13H9ClN2O/c1-9-6-7-16-13(10(9)8-15)17-12-5-3-2-4-11(12)14/h2-7H,1H3. The Bertz CT molecular complexity index is 590. The predicted octanol–water partition coefficient (Wildman–Crippen LogP) is 3.71. The predicted molar refractivity (Wildman–Crippen MR) is 65.2 cm³/mol. The molecule has 0 aliphatic rings. The molecule has 17 heavy (non-hydrogen) atoms. The average Bonchev–Trinajstić information content (AvgIpc) is 2.32. The third-order valence-electron chi connectivity index (χ3n) is 2.28. The molecule has 0 atom stereocenters. The number of hydrogen-bond acceptors (Lipinski definition) is 3. The van der Waals surface area contributed by atoms with Crippen LogP contribution in [0, 0.1) is 18.3 Å². The van der Waals surface area contributed by atoms with Gasteiger partial charge >= 0.3 is 0 Å². The van der Waals surface area contributed by atoms with Crippen LogP contribution >= 0.6 is 11.6 Å². The van der Waals surface area contributed by atoms with Gasteiger partial charge < -0.3 is 4.74 Å². The maximum absolute atomic E-state index is 9.04. The highest BCUT2D eigenvalue weighted by molar-refractivity contribution is 6.32. The first-order valence-electron chi connectivity index (χ1n) is 5.00. The summed E-state index contributed by atoms with van der Waals surface area (Å²) in [6.07, 6.45) is 1.60. The quantitative estimate of drug-likeness (QED) is 0.809. The Hall–Kier alpha value is -2.05. The Morgan fingerprint density at radius 2 is 2.06 bits per heavy atom. The van der Waals surface area contributed by atoms with Crippen molar-refractivity contribution in [1.29, 1.82) is 5.26 Å². The molecule has 84 valence electrons. The van der Waals surface area contributed by atoms with Crippen molar-refractivity contribution in [2.24, 2.45) is 0 Å². The lowest BCUT2D eigenvalue weighted by Gasteiger charge is -2.08. The Morgan fingerprint density at radius 3 is 2.76 bits per heavy atom. The number of aromatic nitrogens is 1. The monoisotopic (exact) mass is 244 g/mol. The maximum Gasteiger partial charge on any atom is 0.237 e. The summed E-state index contributed by atoms with van der Waals surface area (Å²) in [6.45, 7) is 1.83. The Kier molecular flexibility index (Phi) is 3.27. The number of pyridine rings is 1. The van der Waals surface area contributed by atoms with E-state index in [4.69, 9.17) is 21.6 Å². The van der Waals surface area contributed by atoms with Gasteiger partial charge in [0.15, 0.2) is 0 Å². The van der Waals surface area contributed by atoms with Crippen molar-refractivity contribution < 1.29 is 4.74 Å². The fourth-order valence-electron chi connectivity index (χ4n) is 1.38. The summed E-state index contributed by atoms with van der Waals surface area (Å²) in [4.78, 5) is 4.04. The van der Waals surface area contributed by atoms with Crippen molar-refractivity contribution in [3.8, 4) is 17.7 Å². The minimum Gasteiger partial charge on any atom is -0.436 e. The molecule has 4 heteroatoms. The van der Waals surface area contributed by atoms with Crippen LogP contribution in [0.4, 0.5) is 0 Å². The molecule has 0 saturated heterocycles. The van der Waals surface area contributed by atoms with Crippen molar-refractivity contribution >= 4 is 11.6 Å². The third kappa shape index (κ3) is 2.38. The second kappa shape index (κ2) is 4.86.